The van der Waals surface area contributed by atoms with Crippen molar-refractivity contribution in [2.45, 2.75) is 18.5 Å². The van der Waals surface area contributed by atoms with Gasteiger partial charge < -0.3 is 5.32 Å². The van der Waals surface area contributed by atoms with Crippen LogP contribution in [0.15, 0.2) is 91.0 Å². The van der Waals surface area contributed by atoms with Gasteiger partial charge in [-0.3, -0.25) is 4.79 Å². The van der Waals surface area contributed by atoms with E-state index < -0.39 is 16.3 Å². The predicted octanol–water partition coefficient (Wildman–Crippen LogP) is 2.65. The summed E-state index contributed by atoms with van der Waals surface area (Å²) in [6.07, 6.45) is 0. The van der Waals surface area contributed by atoms with E-state index in [1.54, 1.807) is 0 Å². The van der Waals surface area contributed by atoms with Crippen LogP contribution >= 0.6 is 0 Å². The number of rotatable bonds is 7. The Morgan fingerprint density at radius 2 is 1.42 bits per heavy atom. The van der Waals surface area contributed by atoms with E-state index in [0.717, 1.165) is 16.7 Å². The fourth-order valence-corrected chi connectivity index (χ4v) is 5.20. The Morgan fingerprint density at radius 1 is 0.903 bits per heavy atom. The van der Waals surface area contributed by atoms with Gasteiger partial charge in [0.15, 0.2) is 0 Å². The number of amides is 1. The standard InChI is InChI=1S/C24H25N3O3S/c28-24(23-17-26-31(29,30)27(23)18-19-10-4-1-5-11-19)25-16-22(20-12-6-2-7-13-20)21-14-8-3-9-15-21/h1-15,22-23,26H,16-18H2,(H,25,28). The molecular formula is C24H25N3O3S. The van der Waals surface area contributed by atoms with Gasteiger partial charge in [0.05, 0.1) is 0 Å². The van der Waals surface area contributed by atoms with Gasteiger partial charge in [0, 0.05) is 25.6 Å². The number of benzene rings is 3. The molecule has 160 valence electrons. The average molecular weight is 436 g/mol. The van der Waals surface area contributed by atoms with Gasteiger partial charge in [0.2, 0.25) is 5.91 Å². The fourth-order valence-electron chi connectivity index (χ4n) is 3.84. The summed E-state index contributed by atoms with van der Waals surface area (Å²) in [5, 5.41) is 2.99. The molecule has 3 aromatic rings. The van der Waals surface area contributed by atoms with Crippen LogP contribution in [-0.2, 0) is 21.5 Å². The van der Waals surface area contributed by atoms with Gasteiger partial charge in [-0.15, -0.1) is 0 Å². The molecule has 3 aromatic carbocycles. The van der Waals surface area contributed by atoms with Gasteiger partial charge in [-0.2, -0.15) is 17.4 Å². The van der Waals surface area contributed by atoms with E-state index in [0.29, 0.717) is 6.54 Å². The second kappa shape index (κ2) is 9.43. The first-order valence-electron chi connectivity index (χ1n) is 10.2. The summed E-state index contributed by atoms with van der Waals surface area (Å²) in [7, 11) is -3.70. The van der Waals surface area contributed by atoms with Gasteiger partial charge in [0.25, 0.3) is 10.2 Å². The molecule has 1 atom stereocenters. The average Bonchev–Trinajstić information content (AvgIpc) is 3.10. The monoisotopic (exact) mass is 435 g/mol. The van der Waals surface area contributed by atoms with E-state index in [1.807, 2.05) is 91.0 Å². The van der Waals surface area contributed by atoms with Crippen LogP contribution < -0.4 is 10.0 Å². The van der Waals surface area contributed by atoms with Gasteiger partial charge >= 0.3 is 0 Å². The first-order chi connectivity index (χ1) is 15.0. The molecule has 0 aromatic heterocycles. The van der Waals surface area contributed by atoms with Crippen molar-refractivity contribution in [2.75, 3.05) is 13.1 Å². The number of nitrogens with one attached hydrogen (secondary N) is 2. The van der Waals surface area contributed by atoms with E-state index in [2.05, 4.69) is 10.0 Å². The molecular weight excluding hydrogens is 410 g/mol. The highest BCUT2D eigenvalue weighted by Gasteiger charge is 2.41. The van der Waals surface area contributed by atoms with Crippen molar-refractivity contribution in [3.63, 3.8) is 0 Å². The first kappa shape index (κ1) is 21.2. The van der Waals surface area contributed by atoms with Gasteiger partial charge in [0.1, 0.15) is 6.04 Å². The van der Waals surface area contributed by atoms with E-state index in [-0.39, 0.29) is 24.9 Å². The van der Waals surface area contributed by atoms with Crippen molar-refractivity contribution in [2.24, 2.45) is 0 Å². The molecule has 1 amide bonds. The van der Waals surface area contributed by atoms with Crippen LogP contribution in [-0.4, -0.2) is 37.8 Å². The van der Waals surface area contributed by atoms with Crippen LogP contribution in [0.4, 0.5) is 0 Å². The third kappa shape index (κ3) is 5.02. The molecule has 6 nitrogen and oxygen atoms in total. The largest absolute Gasteiger partial charge is 0.354 e. The Bertz CT molecular complexity index is 1070. The quantitative estimate of drug-likeness (QED) is 0.599. The van der Waals surface area contributed by atoms with Crippen LogP contribution in [0.5, 0.6) is 0 Å². The molecule has 0 radical (unpaired) electrons. The third-order valence-corrected chi connectivity index (χ3v) is 7.02. The molecule has 0 bridgehead atoms. The lowest BCUT2D eigenvalue weighted by molar-refractivity contribution is -0.124. The summed E-state index contributed by atoms with van der Waals surface area (Å²) in [4.78, 5) is 13.0. The lowest BCUT2D eigenvalue weighted by atomic mass is 9.91. The van der Waals surface area contributed by atoms with Crippen LogP contribution in [0.2, 0.25) is 0 Å². The molecule has 1 aliphatic heterocycles. The molecule has 1 heterocycles. The number of hydrogen-bond donors (Lipinski definition) is 2. The number of hydrogen-bond acceptors (Lipinski definition) is 3. The molecule has 31 heavy (non-hydrogen) atoms. The zero-order chi connectivity index (χ0) is 21.7. The number of nitrogens with zero attached hydrogens (tertiary/aromatic N) is 1. The van der Waals surface area contributed by atoms with Crippen LogP contribution in [0.1, 0.15) is 22.6 Å². The molecule has 4 rings (SSSR count). The molecule has 1 fully saturated rings. The van der Waals surface area contributed by atoms with E-state index in [9.17, 15) is 13.2 Å². The molecule has 1 unspecified atom stereocenters. The predicted molar refractivity (Wildman–Crippen MR) is 120 cm³/mol. The zero-order valence-electron chi connectivity index (χ0n) is 17.0. The highest BCUT2D eigenvalue weighted by Crippen LogP contribution is 2.24. The molecule has 1 saturated heterocycles. The highest BCUT2D eigenvalue weighted by atomic mass is 32.2. The molecule has 7 heteroatoms. The zero-order valence-corrected chi connectivity index (χ0v) is 17.8. The van der Waals surface area contributed by atoms with Crippen molar-refractivity contribution in [1.29, 1.82) is 0 Å². The maximum Gasteiger partial charge on any atom is 0.280 e. The van der Waals surface area contributed by atoms with Crippen LogP contribution in [0.25, 0.3) is 0 Å². The van der Waals surface area contributed by atoms with Crippen molar-refractivity contribution in [1.82, 2.24) is 14.3 Å². The van der Waals surface area contributed by atoms with E-state index in [1.165, 1.54) is 4.31 Å². The van der Waals surface area contributed by atoms with Crippen molar-refractivity contribution < 1.29 is 13.2 Å². The van der Waals surface area contributed by atoms with Crippen molar-refractivity contribution in [3.8, 4) is 0 Å². The van der Waals surface area contributed by atoms with E-state index >= 15 is 0 Å². The molecule has 2 N–H and O–H groups in total. The molecule has 1 aliphatic rings. The summed E-state index contributed by atoms with van der Waals surface area (Å²) in [5.74, 6) is -0.332. The lowest BCUT2D eigenvalue weighted by Crippen LogP contribution is -2.46. The van der Waals surface area contributed by atoms with Crippen LogP contribution in [0.3, 0.4) is 0 Å². The summed E-state index contributed by atoms with van der Waals surface area (Å²) < 4.78 is 28.7. The Balaban J connectivity index is 1.50. The fraction of sp³-hybridized carbons (Fsp3) is 0.208. The van der Waals surface area contributed by atoms with Gasteiger partial charge in [-0.25, -0.2) is 0 Å². The summed E-state index contributed by atoms with van der Waals surface area (Å²) in [6.45, 7) is 0.583. The Morgan fingerprint density at radius 3 is 1.97 bits per heavy atom. The van der Waals surface area contributed by atoms with Gasteiger partial charge in [-0.05, 0) is 16.7 Å². The minimum absolute atomic E-state index is 0.0279. The van der Waals surface area contributed by atoms with Crippen molar-refractivity contribution in [3.05, 3.63) is 108 Å². The number of carbonyl (C=O) groups is 1. The second-order valence-electron chi connectivity index (χ2n) is 7.52. The third-order valence-electron chi connectivity index (χ3n) is 5.48. The molecule has 0 spiro atoms. The SMILES string of the molecule is O=C(NCC(c1ccccc1)c1ccccc1)C1CNS(=O)(=O)N1Cc1ccccc1. The smallest absolute Gasteiger partial charge is 0.280 e. The lowest BCUT2D eigenvalue weighted by Gasteiger charge is -2.23. The maximum atomic E-state index is 13.0. The summed E-state index contributed by atoms with van der Waals surface area (Å²) >= 11 is 0. The summed E-state index contributed by atoms with van der Waals surface area (Å²) in [6, 6.07) is 28.4. The Kier molecular flexibility index (Phi) is 6.46. The van der Waals surface area contributed by atoms with Gasteiger partial charge in [-0.1, -0.05) is 91.0 Å². The minimum atomic E-state index is -3.70. The Labute approximate surface area is 183 Å². The number of carbonyl (C=O) groups excluding carboxylic acids is 1. The molecule has 0 aliphatic carbocycles. The van der Waals surface area contributed by atoms with Crippen LogP contribution in [0, 0.1) is 0 Å². The Hall–Kier alpha value is -3.00. The summed E-state index contributed by atoms with van der Waals surface area (Å²) in [5.41, 5.74) is 3.01. The first-order valence-corrected chi connectivity index (χ1v) is 11.7. The topological polar surface area (TPSA) is 78.5 Å². The highest BCUT2D eigenvalue weighted by molar-refractivity contribution is 7.87. The molecule has 0 saturated carbocycles. The minimum Gasteiger partial charge on any atom is -0.354 e. The normalized spacial score (nSPS) is 18.2. The second-order valence-corrected chi connectivity index (χ2v) is 9.23. The van der Waals surface area contributed by atoms with E-state index in [4.69, 9.17) is 0 Å². The van der Waals surface area contributed by atoms with Crippen molar-refractivity contribution >= 4 is 16.1 Å². The maximum absolute atomic E-state index is 13.0.